The number of carbonyl (C=O) groups is 3. The van der Waals surface area contributed by atoms with Crippen molar-refractivity contribution in [3.8, 4) is 11.5 Å². The third-order valence-corrected chi connectivity index (χ3v) is 3.75. The van der Waals surface area contributed by atoms with Crippen molar-refractivity contribution in [1.82, 2.24) is 10.9 Å². The summed E-state index contributed by atoms with van der Waals surface area (Å²) in [6, 6.07) is 12.4. The average molecular weight is 400 g/mol. The number of hydrogen-bond acceptors (Lipinski definition) is 6. The number of rotatable bonds is 5. The first-order valence-corrected chi connectivity index (χ1v) is 8.59. The number of halogens is 1. The summed E-state index contributed by atoms with van der Waals surface area (Å²) in [5, 5.41) is 0. The second-order valence-electron chi connectivity index (χ2n) is 5.89. The Morgan fingerprint density at radius 2 is 1.79 bits per heavy atom. The number of para-hydroxylation sites is 2. The van der Waals surface area contributed by atoms with Gasteiger partial charge in [-0.15, -0.1) is 0 Å². The minimum absolute atomic E-state index is 0.0120. The third-order valence-electron chi connectivity index (χ3n) is 3.75. The van der Waals surface area contributed by atoms with E-state index < -0.39 is 36.3 Å². The molecule has 2 aromatic rings. The quantitative estimate of drug-likeness (QED) is 0.447. The van der Waals surface area contributed by atoms with Gasteiger partial charge < -0.3 is 14.2 Å². The van der Waals surface area contributed by atoms with E-state index in [4.69, 9.17) is 14.2 Å². The first kappa shape index (κ1) is 19.9. The van der Waals surface area contributed by atoms with Crippen molar-refractivity contribution in [3.63, 3.8) is 0 Å². The van der Waals surface area contributed by atoms with Crippen LogP contribution in [0.5, 0.6) is 11.5 Å². The van der Waals surface area contributed by atoms with Crippen LogP contribution in [0, 0.1) is 5.82 Å². The van der Waals surface area contributed by atoms with E-state index in [0.29, 0.717) is 17.1 Å². The highest BCUT2D eigenvalue weighted by molar-refractivity contribution is 5.90. The number of benzene rings is 2. The van der Waals surface area contributed by atoms with Gasteiger partial charge in [0, 0.05) is 6.08 Å². The van der Waals surface area contributed by atoms with Crippen molar-refractivity contribution >= 4 is 23.9 Å². The Morgan fingerprint density at radius 3 is 2.55 bits per heavy atom. The molecule has 1 aliphatic heterocycles. The number of hydrogen-bond donors (Lipinski definition) is 2. The maximum absolute atomic E-state index is 12.8. The van der Waals surface area contributed by atoms with Gasteiger partial charge in [-0.2, -0.15) is 0 Å². The molecule has 0 radical (unpaired) electrons. The van der Waals surface area contributed by atoms with Gasteiger partial charge in [0.1, 0.15) is 12.4 Å². The zero-order valence-electron chi connectivity index (χ0n) is 15.1. The second-order valence-corrected chi connectivity index (χ2v) is 5.89. The molecular weight excluding hydrogens is 383 g/mol. The van der Waals surface area contributed by atoms with Crippen LogP contribution in [-0.4, -0.2) is 37.1 Å². The molecule has 9 heteroatoms. The Morgan fingerprint density at radius 1 is 1.07 bits per heavy atom. The molecule has 2 amide bonds. The van der Waals surface area contributed by atoms with Crippen LogP contribution in [-0.2, 0) is 19.1 Å². The summed E-state index contributed by atoms with van der Waals surface area (Å²) in [4.78, 5) is 35.4. The molecule has 0 unspecified atom stereocenters. The Labute approximate surface area is 165 Å². The Hall–Kier alpha value is -3.88. The van der Waals surface area contributed by atoms with E-state index in [1.807, 2.05) is 0 Å². The minimum Gasteiger partial charge on any atom is -0.485 e. The lowest BCUT2D eigenvalue weighted by molar-refractivity contribution is -0.145. The fourth-order valence-corrected chi connectivity index (χ4v) is 2.32. The van der Waals surface area contributed by atoms with Crippen molar-refractivity contribution in [2.75, 3.05) is 13.2 Å². The van der Waals surface area contributed by atoms with Gasteiger partial charge in [0.25, 0.3) is 11.8 Å². The SMILES string of the molecule is O=C(COC(=O)/C=C/c1ccc(F)cc1)NNC(=O)[C@H]1COc2ccccc2O1. The van der Waals surface area contributed by atoms with Gasteiger partial charge in [-0.1, -0.05) is 24.3 Å². The number of amides is 2. The van der Waals surface area contributed by atoms with Crippen molar-refractivity contribution < 1.29 is 33.0 Å². The van der Waals surface area contributed by atoms with Crippen molar-refractivity contribution in [2.45, 2.75) is 6.10 Å². The number of ether oxygens (including phenoxy) is 3. The van der Waals surface area contributed by atoms with Gasteiger partial charge >= 0.3 is 5.97 Å². The molecule has 1 atom stereocenters. The van der Waals surface area contributed by atoms with Gasteiger partial charge in [-0.25, -0.2) is 9.18 Å². The monoisotopic (exact) mass is 400 g/mol. The number of hydrazine groups is 1. The van der Waals surface area contributed by atoms with Crippen LogP contribution in [0.4, 0.5) is 4.39 Å². The highest BCUT2D eigenvalue weighted by Gasteiger charge is 2.27. The fourth-order valence-electron chi connectivity index (χ4n) is 2.32. The Balaban J connectivity index is 1.38. The van der Waals surface area contributed by atoms with E-state index >= 15 is 0 Å². The van der Waals surface area contributed by atoms with Gasteiger partial charge in [-0.3, -0.25) is 20.4 Å². The maximum atomic E-state index is 12.8. The molecule has 150 valence electrons. The summed E-state index contributed by atoms with van der Waals surface area (Å²) in [7, 11) is 0. The lowest BCUT2D eigenvalue weighted by atomic mass is 10.2. The number of esters is 1. The van der Waals surface area contributed by atoms with Gasteiger partial charge in [0.2, 0.25) is 6.10 Å². The topological polar surface area (TPSA) is 103 Å². The van der Waals surface area contributed by atoms with Crippen molar-refractivity contribution in [1.29, 1.82) is 0 Å². The predicted molar refractivity (Wildman–Crippen MR) is 99.0 cm³/mol. The molecule has 0 spiro atoms. The predicted octanol–water partition coefficient (Wildman–Crippen LogP) is 1.37. The van der Waals surface area contributed by atoms with Crippen LogP contribution in [0.25, 0.3) is 6.08 Å². The molecule has 2 aromatic carbocycles. The highest BCUT2D eigenvalue weighted by atomic mass is 19.1. The molecule has 0 aromatic heterocycles. The number of fused-ring (bicyclic) bond motifs is 1. The summed E-state index contributed by atoms with van der Waals surface area (Å²) in [5.41, 5.74) is 4.90. The molecule has 0 aliphatic carbocycles. The first-order chi connectivity index (χ1) is 14.0. The second kappa shape index (κ2) is 9.36. The van der Waals surface area contributed by atoms with Gasteiger partial charge in [0.15, 0.2) is 18.1 Å². The summed E-state index contributed by atoms with van der Waals surface area (Å²) in [5.74, 6) is -1.56. The molecule has 0 fully saturated rings. The molecule has 3 rings (SSSR count). The molecule has 1 heterocycles. The van der Waals surface area contributed by atoms with E-state index in [0.717, 1.165) is 6.08 Å². The minimum atomic E-state index is -0.939. The summed E-state index contributed by atoms with van der Waals surface area (Å²) >= 11 is 0. The largest absolute Gasteiger partial charge is 0.485 e. The molecule has 0 bridgehead atoms. The van der Waals surface area contributed by atoms with E-state index in [2.05, 4.69) is 10.9 Å². The molecule has 0 saturated heterocycles. The number of carbonyl (C=O) groups excluding carboxylic acids is 3. The van der Waals surface area contributed by atoms with Crippen LogP contribution in [0.2, 0.25) is 0 Å². The molecule has 29 heavy (non-hydrogen) atoms. The highest BCUT2D eigenvalue weighted by Crippen LogP contribution is 2.30. The molecule has 1 aliphatic rings. The van der Waals surface area contributed by atoms with E-state index in [1.165, 1.54) is 30.3 Å². The van der Waals surface area contributed by atoms with E-state index in [1.54, 1.807) is 24.3 Å². The normalized spacial score (nSPS) is 14.9. The summed E-state index contributed by atoms with van der Waals surface area (Å²) in [6.07, 6.45) is 1.58. The van der Waals surface area contributed by atoms with E-state index in [9.17, 15) is 18.8 Å². The van der Waals surface area contributed by atoms with Gasteiger partial charge in [-0.05, 0) is 35.9 Å². The number of nitrogens with one attached hydrogen (secondary N) is 2. The maximum Gasteiger partial charge on any atom is 0.331 e. The summed E-state index contributed by atoms with van der Waals surface area (Å²) in [6.45, 7) is -0.611. The zero-order valence-corrected chi connectivity index (χ0v) is 15.1. The van der Waals surface area contributed by atoms with Crippen LogP contribution in [0.3, 0.4) is 0 Å². The van der Waals surface area contributed by atoms with Crippen molar-refractivity contribution in [3.05, 3.63) is 66.0 Å². The first-order valence-electron chi connectivity index (χ1n) is 8.59. The zero-order chi connectivity index (χ0) is 20.6. The van der Waals surface area contributed by atoms with Crippen LogP contribution < -0.4 is 20.3 Å². The fraction of sp³-hybridized carbons (Fsp3) is 0.150. The van der Waals surface area contributed by atoms with E-state index in [-0.39, 0.29) is 6.61 Å². The van der Waals surface area contributed by atoms with Crippen LogP contribution >= 0.6 is 0 Å². The lowest BCUT2D eigenvalue weighted by Gasteiger charge is -2.25. The van der Waals surface area contributed by atoms with Crippen molar-refractivity contribution in [2.24, 2.45) is 0 Å². The molecule has 2 N–H and O–H groups in total. The third kappa shape index (κ3) is 5.80. The standard InChI is InChI=1S/C20H17FN2O6/c21-14-8-5-13(6-9-14)7-10-19(25)28-12-18(24)22-23-20(26)17-11-27-15-3-1-2-4-16(15)29-17/h1-10,17H,11-12H2,(H,22,24)(H,23,26)/b10-7+/t17-/m1/s1. The van der Waals surface area contributed by atoms with Gasteiger partial charge in [0.05, 0.1) is 0 Å². The molecular formula is C20H17FN2O6. The molecule has 0 saturated carbocycles. The Bertz CT molecular complexity index is 929. The van der Waals surface area contributed by atoms with Crippen LogP contribution in [0.1, 0.15) is 5.56 Å². The van der Waals surface area contributed by atoms with Crippen LogP contribution in [0.15, 0.2) is 54.6 Å². The summed E-state index contributed by atoms with van der Waals surface area (Å²) < 4.78 is 28.5. The average Bonchev–Trinajstić information content (AvgIpc) is 2.75. The smallest absolute Gasteiger partial charge is 0.331 e. The lowest BCUT2D eigenvalue weighted by Crippen LogP contribution is -2.51. The Kier molecular flexibility index (Phi) is 6.41. The molecule has 8 nitrogen and oxygen atoms in total.